The van der Waals surface area contributed by atoms with Crippen molar-refractivity contribution < 1.29 is 4.42 Å². The summed E-state index contributed by atoms with van der Waals surface area (Å²) in [6.45, 7) is 1.98. The van der Waals surface area contributed by atoms with E-state index in [0.29, 0.717) is 0 Å². The average molecular weight is 92.9 g/mol. The van der Waals surface area contributed by atoms with E-state index in [1.807, 2.05) is 20.2 Å². The fraction of sp³-hybridized carbons (Fsp3) is 0.200. The molecule has 1 aromatic heterocycles. The monoisotopic (exact) mass is 93.1 g/mol. The van der Waals surface area contributed by atoms with Crippen LogP contribution in [0.2, 0.25) is 6.82 Å². The zero-order valence-corrected chi connectivity index (χ0v) is 4.22. The highest BCUT2D eigenvalue weighted by Gasteiger charge is 1.85. The first kappa shape index (κ1) is 4.50. The molecule has 2 heteroatoms. The third-order valence-corrected chi connectivity index (χ3v) is 0.877. The Morgan fingerprint density at radius 2 is 2.57 bits per heavy atom. The van der Waals surface area contributed by atoms with Gasteiger partial charge in [0.05, 0.1) is 12.5 Å². The lowest BCUT2D eigenvalue weighted by Gasteiger charge is -1.74. The van der Waals surface area contributed by atoms with E-state index >= 15 is 0 Å². The molecule has 1 aromatic rings. The van der Waals surface area contributed by atoms with Gasteiger partial charge in [-0.25, -0.2) is 0 Å². The summed E-state index contributed by atoms with van der Waals surface area (Å²) in [6, 6.07) is 1.92. The van der Waals surface area contributed by atoms with E-state index in [9.17, 15) is 0 Å². The van der Waals surface area contributed by atoms with E-state index in [-0.39, 0.29) is 0 Å². The standard InChI is InChI=1S/C5H6BO/c1-6-5-2-3-7-4-5/h2-4H,1H3. The van der Waals surface area contributed by atoms with Crippen molar-refractivity contribution >= 4 is 12.7 Å². The van der Waals surface area contributed by atoms with Gasteiger partial charge in [-0.2, -0.15) is 0 Å². The maximum atomic E-state index is 4.77. The Labute approximate surface area is 43.6 Å². The van der Waals surface area contributed by atoms with Gasteiger partial charge in [0.25, 0.3) is 0 Å². The Morgan fingerprint density at radius 3 is 2.86 bits per heavy atom. The number of furan rings is 1. The van der Waals surface area contributed by atoms with Gasteiger partial charge in [0.15, 0.2) is 7.28 Å². The first-order valence-corrected chi connectivity index (χ1v) is 2.25. The molecule has 0 N–H and O–H groups in total. The Morgan fingerprint density at radius 1 is 1.71 bits per heavy atom. The van der Waals surface area contributed by atoms with Crippen molar-refractivity contribution in [1.29, 1.82) is 0 Å². The van der Waals surface area contributed by atoms with Crippen molar-refractivity contribution in [2.75, 3.05) is 0 Å². The summed E-state index contributed by atoms with van der Waals surface area (Å²) in [5.74, 6) is 0. The van der Waals surface area contributed by atoms with Gasteiger partial charge >= 0.3 is 0 Å². The van der Waals surface area contributed by atoms with Gasteiger partial charge in [0, 0.05) is 0 Å². The van der Waals surface area contributed by atoms with Gasteiger partial charge in [0.2, 0.25) is 0 Å². The molecule has 35 valence electrons. The molecule has 0 aliphatic heterocycles. The van der Waals surface area contributed by atoms with Crippen molar-refractivity contribution in [1.82, 2.24) is 0 Å². The summed E-state index contributed by atoms with van der Waals surface area (Å²) in [6.07, 6.45) is 3.37. The van der Waals surface area contributed by atoms with Crippen LogP contribution in [0.3, 0.4) is 0 Å². The van der Waals surface area contributed by atoms with E-state index in [4.69, 9.17) is 4.42 Å². The van der Waals surface area contributed by atoms with Crippen LogP contribution in [0.4, 0.5) is 0 Å². The molecule has 0 fully saturated rings. The van der Waals surface area contributed by atoms with E-state index in [0.717, 1.165) is 5.46 Å². The highest BCUT2D eigenvalue weighted by atomic mass is 16.3. The van der Waals surface area contributed by atoms with Crippen LogP contribution in [0.5, 0.6) is 0 Å². The van der Waals surface area contributed by atoms with Gasteiger partial charge in [-0.05, 0) is 6.07 Å². The third kappa shape index (κ3) is 0.859. The zero-order valence-electron chi connectivity index (χ0n) is 4.22. The van der Waals surface area contributed by atoms with Crippen molar-refractivity contribution in [3.63, 3.8) is 0 Å². The first-order valence-electron chi connectivity index (χ1n) is 2.25. The van der Waals surface area contributed by atoms with Crippen LogP contribution in [0.25, 0.3) is 0 Å². The number of rotatable bonds is 1. The molecule has 1 rings (SSSR count). The molecule has 0 spiro atoms. The Hall–Kier alpha value is -0.655. The van der Waals surface area contributed by atoms with E-state index in [2.05, 4.69) is 0 Å². The lowest BCUT2D eigenvalue weighted by Crippen LogP contribution is -2.04. The van der Waals surface area contributed by atoms with Crippen molar-refractivity contribution in [3.8, 4) is 0 Å². The van der Waals surface area contributed by atoms with Gasteiger partial charge < -0.3 is 4.42 Å². The second-order valence-corrected chi connectivity index (χ2v) is 1.35. The molecule has 0 bridgehead atoms. The quantitative estimate of drug-likeness (QED) is 0.464. The molecule has 0 amide bonds. The maximum Gasteiger partial charge on any atom is 0.152 e. The predicted octanol–water partition coefficient (Wildman–Crippen LogP) is 0.657. The Balaban J connectivity index is 2.76. The predicted molar refractivity (Wildman–Crippen MR) is 30.0 cm³/mol. The SMILES string of the molecule is C[B]c1ccoc1. The fourth-order valence-corrected chi connectivity index (χ4v) is 0.439. The van der Waals surface area contributed by atoms with E-state index in [1.54, 1.807) is 12.5 Å². The average Bonchev–Trinajstić information content (AvgIpc) is 2.14. The third-order valence-electron chi connectivity index (χ3n) is 0.877. The first-order chi connectivity index (χ1) is 3.43. The molecule has 1 nitrogen and oxygen atoms in total. The van der Waals surface area contributed by atoms with Crippen LogP contribution in [-0.2, 0) is 0 Å². The maximum absolute atomic E-state index is 4.77. The minimum absolute atomic E-state index is 1.14. The molecule has 0 saturated heterocycles. The molecule has 1 radical (unpaired) electrons. The Kier molecular flexibility index (Phi) is 1.20. The van der Waals surface area contributed by atoms with E-state index < -0.39 is 0 Å². The van der Waals surface area contributed by atoms with E-state index in [1.165, 1.54) is 0 Å². The van der Waals surface area contributed by atoms with Crippen molar-refractivity contribution in [2.45, 2.75) is 6.82 Å². The van der Waals surface area contributed by atoms with Gasteiger partial charge in [-0.3, -0.25) is 0 Å². The van der Waals surface area contributed by atoms with Crippen LogP contribution in [0.15, 0.2) is 23.0 Å². The summed E-state index contributed by atoms with van der Waals surface area (Å²) in [4.78, 5) is 0. The summed E-state index contributed by atoms with van der Waals surface area (Å²) in [5, 5.41) is 0. The number of hydrogen-bond acceptors (Lipinski definition) is 1. The van der Waals surface area contributed by atoms with Crippen LogP contribution in [-0.4, -0.2) is 7.28 Å². The number of hydrogen-bond donors (Lipinski definition) is 0. The summed E-state index contributed by atoms with van der Waals surface area (Å²) < 4.78 is 4.77. The van der Waals surface area contributed by atoms with Gasteiger partial charge in [0.1, 0.15) is 0 Å². The molecule has 0 aliphatic rings. The molecule has 0 aliphatic carbocycles. The van der Waals surface area contributed by atoms with Gasteiger partial charge in [-0.1, -0.05) is 12.3 Å². The fourth-order valence-electron chi connectivity index (χ4n) is 0.439. The summed E-state index contributed by atoms with van der Waals surface area (Å²) >= 11 is 0. The molecular weight excluding hydrogens is 86.9 g/mol. The largest absolute Gasteiger partial charge is 0.473 e. The molecular formula is C5H6BO. The van der Waals surface area contributed by atoms with Crippen molar-refractivity contribution in [3.05, 3.63) is 18.6 Å². The van der Waals surface area contributed by atoms with Crippen LogP contribution in [0.1, 0.15) is 0 Å². The van der Waals surface area contributed by atoms with Crippen molar-refractivity contribution in [2.24, 2.45) is 0 Å². The van der Waals surface area contributed by atoms with Crippen LogP contribution < -0.4 is 5.46 Å². The molecule has 0 saturated carbocycles. The lowest BCUT2D eigenvalue weighted by atomic mass is 9.75. The molecule has 7 heavy (non-hydrogen) atoms. The minimum atomic E-state index is 1.14. The molecule has 1 heterocycles. The minimum Gasteiger partial charge on any atom is -0.473 e. The van der Waals surface area contributed by atoms with Crippen LogP contribution >= 0.6 is 0 Å². The zero-order chi connectivity index (χ0) is 5.11. The molecule has 0 unspecified atom stereocenters. The normalized spacial score (nSPS) is 8.71. The lowest BCUT2D eigenvalue weighted by molar-refractivity contribution is 0.569. The van der Waals surface area contributed by atoms with Gasteiger partial charge in [-0.15, -0.1) is 0 Å². The second-order valence-electron chi connectivity index (χ2n) is 1.35. The Bertz CT molecular complexity index is 123. The molecule has 0 aromatic carbocycles. The summed E-state index contributed by atoms with van der Waals surface area (Å²) in [5.41, 5.74) is 1.14. The highest BCUT2D eigenvalue weighted by Crippen LogP contribution is 1.78. The topological polar surface area (TPSA) is 13.1 Å². The summed E-state index contributed by atoms with van der Waals surface area (Å²) in [7, 11) is 1.99. The van der Waals surface area contributed by atoms with Crippen LogP contribution in [0, 0.1) is 0 Å². The smallest absolute Gasteiger partial charge is 0.152 e. The second kappa shape index (κ2) is 1.87. The highest BCUT2D eigenvalue weighted by molar-refractivity contribution is 6.51. The molecule has 0 atom stereocenters.